The smallest absolute Gasteiger partial charge is 0.360 e. The summed E-state index contributed by atoms with van der Waals surface area (Å²) in [5, 5.41) is 16.3. The molecule has 140 valence electrons. The number of carbonyl (C=O) groups excluding carboxylic acids is 1. The number of hydrogen-bond donors (Lipinski definition) is 1. The summed E-state index contributed by atoms with van der Waals surface area (Å²) in [6, 6.07) is 12.4. The maximum atomic E-state index is 11.8. The molecule has 2 aromatic carbocycles. The summed E-state index contributed by atoms with van der Waals surface area (Å²) in [6.07, 6.45) is 0. The third-order valence-corrected chi connectivity index (χ3v) is 3.96. The predicted octanol–water partition coefficient (Wildman–Crippen LogP) is 2.71. The highest BCUT2D eigenvalue weighted by atomic mass is 16.7. The maximum absolute atomic E-state index is 11.8. The van der Waals surface area contributed by atoms with Gasteiger partial charge in [-0.2, -0.15) is 0 Å². The van der Waals surface area contributed by atoms with Gasteiger partial charge in [0.25, 0.3) is 0 Å². The van der Waals surface area contributed by atoms with Gasteiger partial charge in [0, 0.05) is 16.7 Å². The third-order valence-electron chi connectivity index (χ3n) is 3.96. The molecule has 0 spiro atoms. The van der Waals surface area contributed by atoms with Gasteiger partial charge in [0.2, 0.25) is 6.79 Å². The first kappa shape index (κ1) is 18.2. The summed E-state index contributed by atoms with van der Waals surface area (Å²) >= 11 is 0. The van der Waals surface area contributed by atoms with Crippen LogP contribution >= 0.6 is 0 Å². The number of rotatable bonds is 6. The van der Waals surface area contributed by atoms with Crippen LogP contribution in [0.15, 0.2) is 52.8 Å². The van der Waals surface area contributed by atoms with Crippen LogP contribution in [0.25, 0.3) is 0 Å². The second kappa shape index (κ2) is 8.22. The summed E-state index contributed by atoms with van der Waals surface area (Å²) < 4.78 is 15.3. The summed E-state index contributed by atoms with van der Waals surface area (Å²) in [4.78, 5) is 17.2. The Morgan fingerprint density at radius 2 is 1.96 bits per heavy atom. The molecule has 0 atom stereocenters. The van der Waals surface area contributed by atoms with E-state index in [1.807, 2.05) is 18.2 Å². The Hall–Kier alpha value is -3.55. The second-order valence-corrected chi connectivity index (χ2v) is 5.62. The van der Waals surface area contributed by atoms with Crippen molar-refractivity contribution in [3.63, 3.8) is 0 Å². The van der Waals surface area contributed by atoms with Crippen LogP contribution in [0, 0.1) is 0 Å². The van der Waals surface area contributed by atoms with E-state index in [2.05, 4.69) is 15.0 Å². The van der Waals surface area contributed by atoms with Crippen LogP contribution in [0.4, 0.5) is 0 Å². The van der Waals surface area contributed by atoms with Gasteiger partial charge in [0.15, 0.2) is 17.2 Å². The molecule has 1 heterocycles. The number of nitrogens with zero attached hydrogens (tertiary/aromatic N) is 2. The molecule has 27 heavy (non-hydrogen) atoms. The van der Waals surface area contributed by atoms with Crippen molar-refractivity contribution >= 4 is 17.4 Å². The fraction of sp³-hybridized carbons (Fsp3) is 0.211. The molecule has 0 unspecified atom stereocenters. The lowest BCUT2D eigenvalue weighted by molar-refractivity contribution is -0.132. The van der Waals surface area contributed by atoms with Crippen LogP contribution < -0.4 is 9.47 Å². The Labute approximate surface area is 155 Å². The first-order valence-electron chi connectivity index (χ1n) is 8.09. The Bertz CT molecular complexity index is 907. The largest absolute Gasteiger partial charge is 0.464 e. The van der Waals surface area contributed by atoms with E-state index >= 15 is 0 Å². The lowest BCUT2D eigenvalue weighted by Gasteiger charge is -2.09. The molecular formula is C19H18N2O6. The van der Waals surface area contributed by atoms with Gasteiger partial charge in [-0.05, 0) is 25.1 Å². The van der Waals surface area contributed by atoms with Crippen LogP contribution in [0.3, 0.4) is 0 Å². The lowest BCUT2D eigenvalue weighted by Crippen LogP contribution is -2.19. The van der Waals surface area contributed by atoms with Crippen LogP contribution in [-0.4, -0.2) is 36.5 Å². The van der Waals surface area contributed by atoms with Crippen molar-refractivity contribution in [3.8, 4) is 11.5 Å². The molecule has 0 fully saturated rings. The molecule has 0 radical (unpaired) electrons. The van der Waals surface area contributed by atoms with E-state index in [-0.39, 0.29) is 19.1 Å². The highest BCUT2D eigenvalue weighted by Gasteiger charge is 2.19. The Morgan fingerprint density at radius 1 is 1.19 bits per heavy atom. The number of oxime groups is 2. The van der Waals surface area contributed by atoms with E-state index in [9.17, 15) is 4.79 Å². The molecule has 0 aliphatic carbocycles. The zero-order chi connectivity index (χ0) is 19.2. The summed E-state index contributed by atoms with van der Waals surface area (Å²) in [5.41, 5.74) is 2.31. The first-order chi connectivity index (χ1) is 13.1. The fourth-order valence-corrected chi connectivity index (χ4v) is 2.55. The van der Waals surface area contributed by atoms with Gasteiger partial charge in [0.1, 0.15) is 6.61 Å². The molecule has 1 N–H and O–H groups in total. The molecule has 8 heteroatoms. The number of benzene rings is 2. The molecular weight excluding hydrogens is 352 g/mol. The van der Waals surface area contributed by atoms with Gasteiger partial charge < -0.3 is 24.3 Å². The van der Waals surface area contributed by atoms with Crippen molar-refractivity contribution in [2.24, 2.45) is 10.3 Å². The minimum atomic E-state index is -0.745. The molecule has 0 amide bonds. The molecule has 0 saturated carbocycles. The quantitative estimate of drug-likeness (QED) is 0.363. The van der Waals surface area contributed by atoms with E-state index in [0.717, 1.165) is 5.56 Å². The Balaban J connectivity index is 1.74. The van der Waals surface area contributed by atoms with Crippen molar-refractivity contribution in [2.75, 3.05) is 13.9 Å². The second-order valence-electron chi connectivity index (χ2n) is 5.62. The molecule has 0 bridgehead atoms. The molecule has 3 rings (SSSR count). The number of esters is 1. The number of carbonyl (C=O) groups is 1. The standard InChI is InChI=1S/C19H18N2O6/c1-12(13-7-8-16-17(9-13)26-11-25-16)21-27-10-14-5-3-4-6-15(14)18(20-23)19(22)24-2/h3-9,23H,10-11H2,1-2H3/b20-18+,21-12?. The van der Waals surface area contributed by atoms with Crippen molar-refractivity contribution in [1.29, 1.82) is 0 Å². The third kappa shape index (κ3) is 4.00. The molecule has 1 aliphatic rings. The summed E-state index contributed by atoms with van der Waals surface area (Å²) in [6.45, 7) is 2.09. The van der Waals surface area contributed by atoms with Crippen molar-refractivity contribution in [3.05, 3.63) is 59.2 Å². The fourth-order valence-electron chi connectivity index (χ4n) is 2.55. The first-order valence-corrected chi connectivity index (χ1v) is 8.09. The Kier molecular flexibility index (Phi) is 5.55. The normalized spacial score (nSPS) is 13.4. The van der Waals surface area contributed by atoms with Gasteiger partial charge in [-0.3, -0.25) is 0 Å². The van der Waals surface area contributed by atoms with Crippen LogP contribution in [0.2, 0.25) is 0 Å². The average Bonchev–Trinajstić information content (AvgIpc) is 3.17. The van der Waals surface area contributed by atoms with E-state index in [1.165, 1.54) is 7.11 Å². The molecule has 0 aromatic heterocycles. The van der Waals surface area contributed by atoms with Gasteiger partial charge in [0.05, 0.1) is 12.8 Å². The molecule has 1 aliphatic heterocycles. The molecule has 2 aromatic rings. The van der Waals surface area contributed by atoms with E-state index in [4.69, 9.17) is 19.5 Å². The van der Waals surface area contributed by atoms with Crippen LogP contribution in [-0.2, 0) is 21.0 Å². The number of hydrogen-bond acceptors (Lipinski definition) is 8. The van der Waals surface area contributed by atoms with Crippen molar-refractivity contribution < 1.29 is 29.0 Å². The number of methoxy groups -OCH3 is 1. The van der Waals surface area contributed by atoms with Crippen molar-refractivity contribution in [2.45, 2.75) is 13.5 Å². The zero-order valence-corrected chi connectivity index (χ0v) is 14.8. The maximum Gasteiger partial charge on any atom is 0.360 e. The minimum Gasteiger partial charge on any atom is -0.464 e. The lowest BCUT2D eigenvalue weighted by atomic mass is 10.0. The topological polar surface area (TPSA) is 98.9 Å². The number of fused-ring (bicyclic) bond motifs is 1. The minimum absolute atomic E-state index is 0.0775. The predicted molar refractivity (Wildman–Crippen MR) is 96.3 cm³/mol. The van der Waals surface area contributed by atoms with E-state index < -0.39 is 5.97 Å². The van der Waals surface area contributed by atoms with Gasteiger partial charge in [-0.25, -0.2) is 4.79 Å². The monoisotopic (exact) mass is 370 g/mol. The van der Waals surface area contributed by atoms with E-state index in [1.54, 1.807) is 31.2 Å². The van der Waals surface area contributed by atoms with Gasteiger partial charge >= 0.3 is 5.97 Å². The van der Waals surface area contributed by atoms with Gasteiger partial charge in [-0.15, -0.1) is 0 Å². The number of ether oxygens (including phenoxy) is 3. The van der Waals surface area contributed by atoms with Crippen molar-refractivity contribution in [1.82, 2.24) is 0 Å². The van der Waals surface area contributed by atoms with Crippen LogP contribution in [0.5, 0.6) is 11.5 Å². The van der Waals surface area contributed by atoms with E-state index in [0.29, 0.717) is 28.3 Å². The van der Waals surface area contributed by atoms with Gasteiger partial charge in [-0.1, -0.05) is 34.6 Å². The highest BCUT2D eigenvalue weighted by molar-refractivity contribution is 6.43. The SMILES string of the molecule is COC(=O)/C(=N/O)c1ccccc1CON=C(C)c1ccc2c(c1)OCO2. The summed E-state index contributed by atoms with van der Waals surface area (Å²) in [7, 11) is 1.21. The molecule has 8 nitrogen and oxygen atoms in total. The Morgan fingerprint density at radius 3 is 2.74 bits per heavy atom. The average molecular weight is 370 g/mol. The van der Waals surface area contributed by atoms with Crippen LogP contribution in [0.1, 0.15) is 23.6 Å². The zero-order valence-electron chi connectivity index (χ0n) is 14.8. The molecule has 0 saturated heterocycles. The summed E-state index contributed by atoms with van der Waals surface area (Å²) in [5.74, 6) is 0.610. The highest BCUT2D eigenvalue weighted by Crippen LogP contribution is 2.32.